The largest absolute Gasteiger partial charge is 0.466 e. The lowest BCUT2D eigenvalue weighted by molar-refractivity contribution is -0.150. The Hall–Kier alpha value is -2.79. The lowest BCUT2D eigenvalue weighted by Gasteiger charge is -2.27. The standard InChI is InChI=1S/C57H101N3O7S/c1-8-11-14-17-20-21-22-25-32-44-66-52(63)38-30-28-34-47(61)45-57(4,5)55-54(56(65)58-41-33-42-59(6)7)49-40-43-60(46-50(49)68-55)51(62)37-29-31-39-53(64)67-48(35-26-23-18-15-12-9-2)36-27-24-19-16-13-10-3/h48H,8-46H2,1-7H3,(H,58,65). The molecule has 1 aliphatic rings. The third kappa shape index (κ3) is 27.6. The van der Waals surface area contributed by atoms with Gasteiger partial charge in [0.25, 0.3) is 5.91 Å². The molecule has 11 heteroatoms. The Morgan fingerprint density at radius 2 is 1.16 bits per heavy atom. The van der Waals surface area contributed by atoms with Crippen LogP contribution in [-0.4, -0.2) is 85.8 Å². The van der Waals surface area contributed by atoms with Gasteiger partial charge in [0.2, 0.25) is 5.91 Å². The van der Waals surface area contributed by atoms with Crippen molar-refractivity contribution >= 4 is 40.9 Å². The van der Waals surface area contributed by atoms with E-state index in [9.17, 15) is 24.0 Å². The van der Waals surface area contributed by atoms with Crippen molar-refractivity contribution in [3.8, 4) is 0 Å². The topological polar surface area (TPSA) is 122 Å². The summed E-state index contributed by atoms with van der Waals surface area (Å²) in [6.07, 6.45) is 33.2. The molecular formula is C57H101N3O7S. The number of nitrogens with zero attached hydrogens (tertiary/aromatic N) is 2. The third-order valence-corrected chi connectivity index (χ3v) is 15.2. The number of fused-ring (bicyclic) bond motifs is 1. The number of rotatable bonds is 43. The molecule has 0 atom stereocenters. The number of carbonyl (C=O) groups excluding carboxylic acids is 5. The van der Waals surface area contributed by atoms with Crippen molar-refractivity contribution in [2.24, 2.45) is 0 Å². The zero-order valence-corrected chi connectivity index (χ0v) is 45.6. The number of esters is 2. The van der Waals surface area contributed by atoms with E-state index in [4.69, 9.17) is 9.47 Å². The monoisotopic (exact) mass is 972 g/mol. The van der Waals surface area contributed by atoms with Gasteiger partial charge >= 0.3 is 11.9 Å². The van der Waals surface area contributed by atoms with Gasteiger partial charge in [0.15, 0.2) is 0 Å². The SMILES string of the molecule is CCCCCCCCCCCOC(=O)CCCCC(=O)CC(C)(C)c1sc2c(c1C(=O)NCCCN(C)C)CCN(C(=O)CCCCC(=O)OC(CCCCCCCC)CCCCCCCC)C2. The first kappa shape index (κ1) is 61.3. The van der Waals surface area contributed by atoms with Crippen molar-refractivity contribution in [2.75, 3.05) is 40.3 Å². The summed E-state index contributed by atoms with van der Waals surface area (Å²) in [7, 11) is 4.04. The first-order valence-electron chi connectivity index (χ1n) is 28.0. The van der Waals surface area contributed by atoms with Crippen LogP contribution in [-0.2, 0) is 47.0 Å². The molecule has 0 spiro atoms. The predicted molar refractivity (Wildman–Crippen MR) is 283 cm³/mol. The van der Waals surface area contributed by atoms with E-state index in [1.54, 1.807) is 11.3 Å². The number of amides is 2. The molecule has 1 aromatic heterocycles. The second kappa shape index (κ2) is 38.0. The van der Waals surface area contributed by atoms with Crippen LogP contribution in [0.4, 0.5) is 0 Å². The van der Waals surface area contributed by atoms with Gasteiger partial charge in [-0.1, -0.05) is 150 Å². The van der Waals surface area contributed by atoms with Gasteiger partial charge in [0.05, 0.1) is 18.7 Å². The van der Waals surface area contributed by atoms with Crippen LogP contribution in [0.2, 0.25) is 0 Å². The number of carbonyl (C=O) groups is 5. The summed E-state index contributed by atoms with van der Waals surface area (Å²) in [5, 5.41) is 3.17. The van der Waals surface area contributed by atoms with Crippen LogP contribution < -0.4 is 5.32 Å². The third-order valence-electron chi connectivity index (χ3n) is 13.6. The van der Waals surface area contributed by atoms with Crippen molar-refractivity contribution in [3.05, 3.63) is 20.9 Å². The average Bonchev–Trinajstić information content (AvgIpc) is 3.71. The van der Waals surface area contributed by atoms with Crippen molar-refractivity contribution in [1.82, 2.24) is 15.1 Å². The Morgan fingerprint density at radius 3 is 1.74 bits per heavy atom. The Balaban J connectivity index is 1.92. The zero-order chi connectivity index (χ0) is 49.8. The molecule has 2 amide bonds. The maximum Gasteiger partial charge on any atom is 0.306 e. The minimum atomic E-state index is -0.588. The summed E-state index contributed by atoms with van der Waals surface area (Å²) in [6, 6.07) is 0. The molecule has 0 aromatic carbocycles. The lowest BCUT2D eigenvalue weighted by Crippen LogP contribution is -2.36. The Labute approximate surface area is 420 Å². The smallest absolute Gasteiger partial charge is 0.306 e. The summed E-state index contributed by atoms with van der Waals surface area (Å²) in [5.41, 5.74) is 1.09. The molecule has 2 rings (SSSR count). The highest BCUT2D eigenvalue weighted by Gasteiger charge is 2.36. The van der Waals surface area contributed by atoms with Crippen molar-refractivity contribution in [3.63, 3.8) is 0 Å². The summed E-state index contributed by atoms with van der Waals surface area (Å²) >= 11 is 1.57. The molecule has 0 fully saturated rings. The van der Waals surface area contributed by atoms with E-state index in [0.717, 1.165) is 66.8 Å². The van der Waals surface area contributed by atoms with E-state index in [-0.39, 0.29) is 35.6 Å². The number of nitrogens with one attached hydrogen (secondary N) is 1. The number of hydrogen-bond donors (Lipinski definition) is 1. The lowest BCUT2D eigenvalue weighted by atomic mass is 9.81. The van der Waals surface area contributed by atoms with Crippen LogP contribution in [0.25, 0.3) is 0 Å². The number of Topliss-reactive ketones (excluding diaryl/α,β-unsaturated/α-hetero) is 1. The van der Waals surface area contributed by atoms with Gasteiger partial charge in [-0.05, 0) is 96.8 Å². The van der Waals surface area contributed by atoms with Gasteiger partial charge in [-0.15, -0.1) is 11.3 Å². The highest BCUT2D eigenvalue weighted by Crippen LogP contribution is 2.42. The maximum absolute atomic E-state index is 14.0. The van der Waals surface area contributed by atoms with E-state index in [1.807, 2.05) is 32.8 Å². The molecular weight excluding hydrogens is 871 g/mol. The molecule has 1 N–H and O–H groups in total. The first-order chi connectivity index (χ1) is 32.8. The summed E-state index contributed by atoms with van der Waals surface area (Å²) in [6.45, 7) is 13.7. The minimum Gasteiger partial charge on any atom is -0.466 e. The van der Waals surface area contributed by atoms with E-state index in [2.05, 4.69) is 31.0 Å². The quantitative estimate of drug-likeness (QED) is 0.0507. The van der Waals surface area contributed by atoms with E-state index in [0.29, 0.717) is 96.0 Å². The molecule has 68 heavy (non-hydrogen) atoms. The molecule has 0 bridgehead atoms. The van der Waals surface area contributed by atoms with Gasteiger partial charge in [0, 0.05) is 60.4 Å². The van der Waals surface area contributed by atoms with E-state index < -0.39 is 5.41 Å². The molecule has 392 valence electrons. The highest BCUT2D eigenvalue weighted by atomic mass is 32.1. The molecule has 0 aliphatic carbocycles. The first-order valence-corrected chi connectivity index (χ1v) is 28.9. The van der Waals surface area contributed by atoms with Crippen LogP contribution >= 0.6 is 11.3 Å². The van der Waals surface area contributed by atoms with Gasteiger partial charge in [0.1, 0.15) is 11.9 Å². The molecule has 0 saturated carbocycles. The second-order valence-corrected chi connectivity index (χ2v) is 22.1. The van der Waals surface area contributed by atoms with E-state index >= 15 is 0 Å². The van der Waals surface area contributed by atoms with Crippen molar-refractivity contribution in [2.45, 2.75) is 271 Å². The van der Waals surface area contributed by atoms with Crippen LogP contribution in [0.1, 0.15) is 272 Å². The number of ketones is 1. The fourth-order valence-corrected chi connectivity index (χ4v) is 10.9. The van der Waals surface area contributed by atoms with Crippen LogP contribution in [0.15, 0.2) is 0 Å². The molecule has 0 unspecified atom stereocenters. The second-order valence-electron chi connectivity index (χ2n) is 21.0. The van der Waals surface area contributed by atoms with Crippen molar-refractivity contribution in [1.29, 1.82) is 0 Å². The fourth-order valence-electron chi connectivity index (χ4n) is 9.46. The maximum atomic E-state index is 14.0. The number of ether oxygens (including phenoxy) is 2. The molecule has 10 nitrogen and oxygen atoms in total. The Kier molecular flexibility index (Phi) is 34.2. The van der Waals surface area contributed by atoms with Crippen molar-refractivity contribution < 1.29 is 33.4 Å². The molecule has 0 radical (unpaired) electrons. The van der Waals surface area contributed by atoms with Crippen LogP contribution in [0.3, 0.4) is 0 Å². The zero-order valence-electron chi connectivity index (χ0n) is 44.8. The summed E-state index contributed by atoms with van der Waals surface area (Å²) in [5.74, 6) is -0.240. The van der Waals surface area contributed by atoms with Crippen LogP contribution in [0.5, 0.6) is 0 Å². The van der Waals surface area contributed by atoms with Gasteiger partial charge in [-0.2, -0.15) is 0 Å². The Morgan fingerprint density at radius 1 is 0.647 bits per heavy atom. The molecule has 0 saturated heterocycles. The Bertz CT molecular complexity index is 1520. The summed E-state index contributed by atoms with van der Waals surface area (Å²) < 4.78 is 11.5. The molecule has 1 aliphatic heterocycles. The van der Waals surface area contributed by atoms with Gasteiger partial charge in [-0.3, -0.25) is 24.0 Å². The van der Waals surface area contributed by atoms with Gasteiger partial charge < -0.3 is 24.6 Å². The minimum absolute atomic E-state index is 0.00546. The number of thiophene rings is 1. The predicted octanol–water partition coefficient (Wildman–Crippen LogP) is 14.2. The molecule has 1 aromatic rings. The fraction of sp³-hybridized carbons (Fsp3) is 0.842. The normalized spacial score (nSPS) is 12.8. The average molecular weight is 973 g/mol. The number of hydrogen-bond acceptors (Lipinski definition) is 9. The highest BCUT2D eigenvalue weighted by molar-refractivity contribution is 7.12. The van der Waals surface area contributed by atoms with Gasteiger partial charge in [-0.25, -0.2) is 0 Å². The number of unbranched alkanes of at least 4 members (excludes halogenated alkanes) is 20. The molecule has 2 heterocycles. The summed E-state index contributed by atoms with van der Waals surface area (Å²) in [4.78, 5) is 72.4. The van der Waals surface area contributed by atoms with Crippen LogP contribution in [0, 0.1) is 0 Å². The van der Waals surface area contributed by atoms with E-state index in [1.165, 1.54) is 109 Å².